The monoisotopic (exact) mass is 331 g/mol. The summed E-state index contributed by atoms with van der Waals surface area (Å²) < 4.78 is 5.78. The van der Waals surface area contributed by atoms with Gasteiger partial charge in [-0.05, 0) is 49.8 Å². The van der Waals surface area contributed by atoms with Crippen LogP contribution in [0.15, 0.2) is 24.3 Å². The van der Waals surface area contributed by atoms with Crippen LogP contribution in [-0.2, 0) is 11.3 Å². The van der Waals surface area contributed by atoms with Gasteiger partial charge in [0, 0.05) is 25.2 Å². The Hall–Kier alpha value is -1.59. The fourth-order valence-corrected chi connectivity index (χ4v) is 3.22. The number of hydrogen-bond donors (Lipinski definition) is 2. The lowest BCUT2D eigenvalue weighted by Gasteiger charge is -2.23. The molecule has 1 amide bonds. The number of ether oxygens (including phenoxy) is 1. The second-order valence-electron chi connectivity index (χ2n) is 7.62. The summed E-state index contributed by atoms with van der Waals surface area (Å²) in [7, 11) is 0. The Balaban J connectivity index is 1.52. The molecule has 5 nitrogen and oxygen atoms in total. The number of nitrogens with two attached hydrogens (primary N) is 1. The number of nitrogens with zero attached hydrogens (tertiary/aromatic N) is 1. The van der Waals surface area contributed by atoms with Gasteiger partial charge < -0.3 is 15.8 Å². The van der Waals surface area contributed by atoms with Gasteiger partial charge in [-0.1, -0.05) is 25.1 Å². The van der Waals surface area contributed by atoms with E-state index < -0.39 is 0 Å². The molecule has 1 aromatic rings. The first-order valence-corrected chi connectivity index (χ1v) is 8.98. The summed E-state index contributed by atoms with van der Waals surface area (Å²) in [6.07, 6.45) is 3.61. The maximum atomic E-state index is 11.9. The van der Waals surface area contributed by atoms with Crippen molar-refractivity contribution in [3.8, 4) is 5.75 Å². The Morgan fingerprint density at radius 2 is 2.21 bits per heavy atom. The van der Waals surface area contributed by atoms with E-state index in [0.29, 0.717) is 5.92 Å². The summed E-state index contributed by atoms with van der Waals surface area (Å²) in [5.41, 5.74) is 7.25. The molecule has 24 heavy (non-hydrogen) atoms. The van der Waals surface area contributed by atoms with E-state index in [0.717, 1.165) is 50.5 Å². The Morgan fingerprint density at radius 3 is 2.92 bits per heavy atom. The van der Waals surface area contributed by atoms with Crippen LogP contribution < -0.4 is 15.8 Å². The highest BCUT2D eigenvalue weighted by atomic mass is 16.5. The predicted molar refractivity (Wildman–Crippen MR) is 94.7 cm³/mol. The normalized spacial score (nSPS) is 24.1. The van der Waals surface area contributed by atoms with Crippen LogP contribution in [0.3, 0.4) is 0 Å². The van der Waals surface area contributed by atoms with Gasteiger partial charge >= 0.3 is 0 Å². The van der Waals surface area contributed by atoms with E-state index in [1.165, 1.54) is 12.8 Å². The van der Waals surface area contributed by atoms with Crippen LogP contribution >= 0.6 is 0 Å². The number of rotatable bonds is 8. The van der Waals surface area contributed by atoms with Gasteiger partial charge in [0.2, 0.25) is 0 Å². The van der Waals surface area contributed by atoms with Crippen LogP contribution in [0.25, 0.3) is 0 Å². The minimum absolute atomic E-state index is 0.0337. The first-order chi connectivity index (χ1) is 11.6. The van der Waals surface area contributed by atoms with Crippen LogP contribution in [0, 0.1) is 11.3 Å². The molecule has 0 spiro atoms. The van der Waals surface area contributed by atoms with Gasteiger partial charge in [-0.3, -0.25) is 9.69 Å². The predicted octanol–water partition coefficient (Wildman–Crippen LogP) is 1.76. The molecule has 1 heterocycles. The molecule has 1 aliphatic carbocycles. The lowest BCUT2D eigenvalue weighted by Crippen LogP contribution is -2.31. The molecule has 1 atom stereocenters. The zero-order valence-electron chi connectivity index (χ0n) is 14.6. The van der Waals surface area contributed by atoms with E-state index in [1.807, 2.05) is 18.2 Å². The molecule has 1 aromatic carbocycles. The quantitative estimate of drug-likeness (QED) is 0.762. The third kappa shape index (κ3) is 4.71. The van der Waals surface area contributed by atoms with E-state index in [-0.39, 0.29) is 17.9 Å². The number of hydrogen-bond acceptors (Lipinski definition) is 4. The van der Waals surface area contributed by atoms with Crippen molar-refractivity contribution in [1.29, 1.82) is 0 Å². The lowest BCUT2D eigenvalue weighted by molar-refractivity contribution is -0.123. The van der Waals surface area contributed by atoms with E-state index in [1.54, 1.807) is 0 Å². The zero-order valence-corrected chi connectivity index (χ0v) is 14.6. The van der Waals surface area contributed by atoms with Crippen LogP contribution in [0.2, 0.25) is 0 Å². The zero-order chi connectivity index (χ0) is 17.0. The van der Waals surface area contributed by atoms with Crippen LogP contribution in [0.4, 0.5) is 0 Å². The Morgan fingerprint density at radius 1 is 1.42 bits per heavy atom. The summed E-state index contributed by atoms with van der Waals surface area (Å²) in [5.74, 6) is 1.46. The fraction of sp³-hybridized carbons (Fsp3) is 0.632. The van der Waals surface area contributed by atoms with Crippen molar-refractivity contribution in [2.75, 3.05) is 32.8 Å². The molecule has 1 unspecified atom stereocenters. The maximum Gasteiger partial charge on any atom is 0.257 e. The molecule has 2 aliphatic rings. The molecule has 0 aromatic heterocycles. The van der Waals surface area contributed by atoms with Gasteiger partial charge in [0.1, 0.15) is 5.75 Å². The lowest BCUT2D eigenvalue weighted by atomic mass is 9.90. The number of carbonyl (C=O) groups is 1. The van der Waals surface area contributed by atoms with Crippen molar-refractivity contribution < 1.29 is 9.53 Å². The summed E-state index contributed by atoms with van der Waals surface area (Å²) in [6, 6.07) is 8.00. The summed E-state index contributed by atoms with van der Waals surface area (Å²) in [4.78, 5) is 14.3. The van der Waals surface area contributed by atoms with Crippen molar-refractivity contribution in [3.63, 3.8) is 0 Å². The Bertz CT molecular complexity index is 573. The third-order valence-electron chi connectivity index (χ3n) is 5.14. The number of likely N-dealkylation sites (tertiary alicyclic amines) is 1. The summed E-state index contributed by atoms with van der Waals surface area (Å²) in [6.45, 7) is 6.76. The van der Waals surface area contributed by atoms with Crippen molar-refractivity contribution >= 4 is 5.91 Å². The Labute approximate surface area is 144 Å². The largest absolute Gasteiger partial charge is 0.483 e. The van der Waals surface area contributed by atoms with Gasteiger partial charge in [-0.15, -0.1) is 0 Å². The fourth-order valence-electron chi connectivity index (χ4n) is 3.22. The van der Waals surface area contributed by atoms with Crippen molar-refractivity contribution in [1.82, 2.24) is 10.2 Å². The molecule has 1 aliphatic heterocycles. The van der Waals surface area contributed by atoms with Gasteiger partial charge in [0.25, 0.3) is 5.91 Å². The molecular formula is C19H29N3O2. The molecule has 5 heteroatoms. The second-order valence-corrected chi connectivity index (χ2v) is 7.62. The maximum absolute atomic E-state index is 11.9. The molecule has 0 radical (unpaired) electrons. The topological polar surface area (TPSA) is 67.6 Å². The van der Waals surface area contributed by atoms with E-state index in [4.69, 9.17) is 10.5 Å². The van der Waals surface area contributed by atoms with Gasteiger partial charge in [0.15, 0.2) is 6.61 Å². The average Bonchev–Trinajstić information content (AvgIpc) is 3.35. The number of para-hydroxylation sites is 1. The average molecular weight is 331 g/mol. The molecule has 1 saturated heterocycles. The molecule has 132 valence electrons. The SMILES string of the molecule is CC1(CN)CCN(Cc2ccccc2OCC(=O)NCC2CC2)C1. The summed E-state index contributed by atoms with van der Waals surface area (Å²) >= 11 is 0. The first-order valence-electron chi connectivity index (χ1n) is 8.98. The van der Waals surface area contributed by atoms with Crippen LogP contribution in [-0.4, -0.2) is 43.6 Å². The third-order valence-corrected chi connectivity index (χ3v) is 5.14. The number of nitrogens with one attached hydrogen (secondary N) is 1. The second kappa shape index (κ2) is 7.53. The number of benzene rings is 1. The summed E-state index contributed by atoms with van der Waals surface area (Å²) in [5, 5.41) is 2.94. The molecule has 3 N–H and O–H groups in total. The highest BCUT2D eigenvalue weighted by Gasteiger charge is 2.32. The molecule has 1 saturated carbocycles. The smallest absolute Gasteiger partial charge is 0.257 e. The number of amides is 1. The molecule has 2 fully saturated rings. The number of carbonyl (C=O) groups excluding carboxylic acids is 1. The van der Waals surface area contributed by atoms with Crippen molar-refractivity contribution in [3.05, 3.63) is 29.8 Å². The van der Waals surface area contributed by atoms with Gasteiger partial charge in [-0.25, -0.2) is 0 Å². The van der Waals surface area contributed by atoms with Crippen molar-refractivity contribution in [2.24, 2.45) is 17.1 Å². The standard InChI is InChI=1S/C19H29N3O2/c1-19(13-20)8-9-22(14-19)11-16-4-2-3-5-17(16)24-12-18(23)21-10-15-6-7-15/h2-5,15H,6-14,20H2,1H3,(H,21,23). The van der Waals surface area contributed by atoms with E-state index >= 15 is 0 Å². The molecule has 0 bridgehead atoms. The Kier molecular flexibility index (Phi) is 5.41. The van der Waals surface area contributed by atoms with Gasteiger partial charge in [0.05, 0.1) is 0 Å². The minimum atomic E-state index is -0.0337. The van der Waals surface area contributed by atoms with Gasteiger partial charge in [-0.2, -0.15) is 0 Å². The minimum Gasteiger partial charge on any atom is -0.483 e. The van der Waals surface area contributed by atoms with E-state index in [9.17, 15) is 4.79 Å². The first kappa shape index (κ1) is 17.2. The van der Waals surface area contributed by atoms with Crippen LogP contribution in [0.1, 0.15) is 31.7 Å². The molecular weight excluding hydrogens is 302 g/mol. The van der Waals surface area contributed by atoms with Crippen LogP contribution in [0.5, 0.6) is 5.75 Å². The van der Waals surface area contributed by atoms with E-state index in [2.05, 4.69) is 23.2 Å². The molecule has 3 rings (SSSR count). The van der Waals surface area contributed by atoms with Crippen molar-refractivity contribution in [2.45, 2.75) is 32.7 Å². The highest BCUT2D eigenvalue weighted by Crippen LogP contribution is 2.31. The highest BCUT2D eigenvalue weighted by molar-refractivity contribution is 5.77.